The second-order valence-corrected chi connectivity index (χ2v) is 13.0. The molecule has 6 rings (SSSR count). The molecule has 1 atom stereocenters. The normalized spacial score (nSPS) is 14.7. The molecule has 2 amide bonds. The summed E-state index contributed by atoms with van der Waals surface area (Å²) in [4.78, 5) is 28.3. The molecule has 1 aromatic heterocycles. The molecule has 0 saturated heterocycles. The molecular formula is C38H38N5O3Si. The second kappa shape index (κ2) is 12.7. The molecule has 3 radical (unpaired) electrons. The van der Waals surface area contributed by atoms with Gasteiger partial charge in [-0.15, -0.1) is 0 Å². The third-order valence-electron chi connectivity index (χ3n) is 9.08. The Bertz CT molecular complexity index is 1790. The number of amides is 2. The van der Waals surface area contributed by atoms with Gasteiger partial charge in [0.2, 0.25) is 16.4 Å². The number of benzene rings is 4. The van der Waals surface area contributed by atoms with E-state index in [1.807, 2.05) is 97.9 Å². The Balaban J connectivity index is 1.63. The maximum Gasteiger partial charge on any atom is 0.332 e. The molecular weight excluding hydrogens is 603 g/mol. The highest BCUT2D eigenvalue weighted by Gasteiger charge is 2.63. The molecule has 1 N–H and O–H groups in total. The molecule has 1 aliphatic rings. The van der Waals surface area contributed by atoms with Crippen LogP contribution in [0.3, 0.4) is 0 Å². The lowest BCUT2D eigenvalue weighted by molar-refractivity contribution is -0.0243. The highest BCUT2D eigenvalue weighted by atomic mass is 28.2. The fourth-order valence-electron chi connectivity index (χ4n) is 7.14. The van der Waals surface area contributed by atoms with Crippen LogP contribution in [0.15, 0.2) is 121 Å². The van der Waals surface area contributed by atoms with Gasteiger partial charge in [0.25, 0.3) is 0 Å². The van der Waals surface area contributed by atoms with Gasteiger partial charge in [-0.2, -0.15) is 4.98 Å². The molecule has 0 bridgehead atoms. The number of ether oxygens (including phenoxy) is 1. The number of methoxy groups -OCH3 is 1. The maximum absolute atomic E-state index is 15.2. The Morgan fingerprint density at radius 1 is 0.787 bits per heavy atom. The fraction of sp³-hybridized carbons (Fsp3) is 0.237. The zero-order valence-corrected chi connectivity index (χ0v) is 28.3. The molecule has 1 unspecified atom stereocenters. The first kappa shape index (κ1) is 32.0. The summed E-state index contributed by atoms with van der Waals surface area (Å²) in [6.07, 6.45) is 1.78. The van der Waals surface area contributed by atoms with Gasteiger partial charge >= 0.3 is 6.03 Å². The topological polar surface area (TPSA) is 79.8 Å². The van der Waals surface area contributed by atoms with Crippen LogP contribution in [-0.4, -0.2) is 39.3 Å². The van der Waals surface area contributed by atoms with Crippen molar-refractivity contribution >= 4 is 39.7 Å². The Labute approximate surface area is 279 Å². The van der Waals surface area contributed by atoms with Crippen LogP contribution >= 0.6 is 0 Å². The number of fused-ring (bicyclic) bond motifs is 1. The molecule has 0 aliphatic carbocycles. The van der Waals surface area contributed by atoms with E-state index in [0.29, 0.717) is 23.2 Å². The summed E-state index contributed by atoms with van der Waals surface area (Å²) in [6, 6.07) is 37.3. The quantitative estimate of drug-likeness (QED) is 0.164. The average molecular weight is 641 g/mol. The van der Waals surface area contributed by atoms with E-state index in [0.717, 1.165) is 22.4 Å². The van der Waals surface area contributed by atoms with Gasteiger partial charge in [0, 0.05) is 23.1 Å². The van der Waals surface area contributed by atoms with Gasteiger partial charge in [-0.3, -0.25) is 4.90 Å². The summed E-state index contributed by atoms with van der Waals surface area (Å²) in [7, 11) is 5.18. The van der Waals surface area contributed by atoms with Crippen molar-refractivity contribution in [2.24, 2.45) is 5.41 Å². The van der Waals surface area contributed by atoms with E-state index in [-0.39, 0.29) is 12.6 Å². The van der Waals surface area contributed by atoms with Crippen LogP contribution in [0, 0.1) is 5.41 Å². The first-order valence-corrected chi connectivity index (χ1v) is 15.9. The van der Waals surface area contributed by atoms with Crippen molar-refractivity contribution < 1.29 is 14.0 Å². The summed E-state index contributed by atoms with van der Waals surface area (Å²) in [5.74, 6) is 1.51. The van der Waals surface area contributed by atoms with Crippen molar-refractivity contribution in [3.63, 3.8) is 0 Å². The molecule has 2 heterocycles. The number of carbonyl (C=O) groups excluding carboxylic acids is 1. The van der Waals surface area contributed by atoms with Crippen LogP contribution in [-0.2, 0) is 16.4 Å². The minimum absolute atomic E-state index is 0.263. The van der Waals surface area contributed by atoms with Crippen molar-refractivity contribution in [1.29, 1.82) is 0 Å². The van der Waals surface area contributed by atoms with Gasteiger partial charge in [-0.05, 0) is 59.9 Å². The monoisotopic (exact) mass is 640 g/mol. The van der Waals surface area contributed by atoms with E-state index in [9.17, 15) is 0 Å². The van der Waals surface area contributed by atoms with Crippen LogP contribution < -0.4 is 19.9 Å². The lowest BCUT2D eigenvalue weighted by Gasteiger charge is -2.60. The molecule has 5 aromatic rings. The Morgan fingerprint density at radius 2 is 1.34 bits per heavy atom. The van der Waals surface area contributed by atoms with Crippen molar-refractivity contribution in [2.45, 2.75) is 45.4 Å². The van der Waals surface area contributed by atoms with E-state index >= 15 is 4.79 Å². The van der Waals surface area contributed by atoms with Gasteiger partial charge in [0.15, 0.2) is 5.72 Å². The number of nitrogens with zero attached hydrogens (tertiary/aromatic N) is 4. The number of hydrogen-bond donors (Lipinski definition) is 1. The molecule has 47 heavy (non-hydrogen) atoms. The van der Waals surface area contributed by atoms with E-state index in [1.54, 1.807) is 23.1 Å². The molecule has 237 valence electrons. The number of aromatic nitrogens is 2. The molecule has 9 heteroatoms. The zero-order chi connectivity index (χ0) is 33.2. The zero-order valence-electron chi connectivity index (χ0n) is 27.3. The van der Waals surface area contributed by atoms with Gasteiger partial charge in [-0.25, -0.2) is 14.7 Å². The van der Waals surface area contributed by atoms with Crippen molar-refractivity contribution in [3.8, 4) is 5.75 Å². The number of para-hydroxylation sites is 1. The largest absolute Gasteiger partial charge is 0.497 e. The van der Waals surface area contributed by atoms with E-state index < -0.39 is 16.6 Å². The molecule has 4 aromatic carbocycles. The standard InChI is InChI=1S/C38H38N5O3Si/c1-36(2,3)38(28-15-9-6-10-16-28,29-17-11-7-12-18-29)37(4,46-47)43-33-27(25-39-34(41-33)40-30-19-13-8-14-20-30)26-42(35(43)44)31-21-23-32(45-5)24-22-31/h6-25H,26H2,1-5H3,(H,39,40,41). The first-order valence-electron chi connectivity index (χ1n) is 15.5. The maximum atomic E-state index is 15.2. The fourth-order valence-corrected chi connectivity index (χ4v) is 7.39. The lowest BCUT2D eigenvalue weighted by Crippen LogP contribution is -2.71. The van der Waals surface area contributed by atoms with E-state index in [1.165, 1.54) is 0 Å². The molecule has 8 nitrogen and oxygen atoms in total. The molecule has 0 fully saturated rings. The summed E-state index contributed by atoms with van der Waals surface area (Å²) in [6.45, 7) is 8.75. The SMILES string of the molecule is COc1ccc(N2Cc3cnc(Nc4ccccc4)nc3N(C(C)(O[Si])C(c3ccccc3)(c3ccccc3)C(C)(C)C)C2=O)cc1. The molecule has 0 saturated carbocycles. The first-order chi connectivity index (χ1) is 22.6. The number of rotatable bonds is 9. The van der Waals surface area contributed by atoms with Crippen LogP contribution in [0.25, 0.3) is 0 Å². The Hall–Kier alpha value is -4.99. The highest BCUT2D eigenvalue weighted by Crippen LogP contribution is 2.57. The Kier molecular flexibility index (Phi) is 8.61. The highest BCUT2D eigenvalue weighted by molar-refractivity contribution is 6.07. The minimum Gasteiger partial charge on any atom is -0.497 e. The van der Waals surface area contributed by atoms with Crippen molar-refractivity contribution in [3.05, 3.63) is 138 Å². The van der Waals surface area contributed by atoms with Crippen LogP contribution in [0.1, 0.15) is 44.4 Å². The predicted molar refractivity (Wildman–Crippen MR) is 187 cm³/mol. The lowest BCUT2D eigenvalue weighted by atomic mass is 9.53. The molecule has 1 aliphatic heterocycles. The van der Waals surface area contributed by atoms with Crippen LogP contribution in [0.5, 0.6) is 5.75 Å². The number of hydrogen-bond acceptors (Lipinski definition) is 6. The van der Waals surface area contributed by atoms with Crippen molar-refractivity contribution in [2.75, 3.05) is 22.2 Å². The van der Waals surface area contributed by atoms with Crippen LogP contribution in [0.2, 0.25) is 0 Å². The third-order valence-corrected chi connectivity index (χ3v) is 9.48. The number of anilines is 4. The predicted octanol–water partition coefficient (Wildman–Crippen LogP) is 8.02. The average Bonchev–Trinajstić information content (AvgIpc) is 3.09. The second-order valence-electron chi connectivity index (χ2n) is 12.8. The minimum atomic E-state index is -1.40. The summed E-state index contributed by atoms with van der Waals surface area (Å²) >= 11 is 0. The van der Waals surface area contributed by atoms with Crippen LogP contribution in [0.4, 0.5) is 27.9 Å². The third kappa shape index (κ3) is 5.45. The summed E-state index contributed by atoms with van der Waals surface area (Å²) in [5.41, 5.74) is 1.39. The number of carbonyl (C=O) groups is 1. The van der Waals surface area contributed by atoms with Gasteiger partial charge in [0.05, 0.1) is 19.1 Å². The Morgan fingerprint density at radius 3 is 1.85 bits per heavy atom. The number of nitrogens with one attached hydrogen (secondary N) is 1. The van der Waals surface area contributed by atoms with Gasteiger partial charge in [-0.1, -0.05) is 99.6 Å². The van der Waals surface area contributed by atoms with E-state index in [4.69, 9.17) is 14.1 Å². The smallest absolute Gasteiger partial charge is 0.332 e. The van der Waals surface area contributed by atoms with E-state index in [2.05, 4.69) is 65.8 Å². The molecule has 0 spiro atoms. The van der Waals surface area contributed by atoms with Gasteiger partial charge < -0.3 is 14.5 Å². The number of urea groups is 1. The summed E-state index contributed by atoms with van der Waals surface area (Å²) < 4.78 is 12.0. The van der Waals surface area contributed by atoms with Crippen molar-refractivity contribution in [1.82, 2.24) is 9.97 Å². The van der Waals surface area contributed by atoms with Gasteiger partial charge in [0.1, 0.15) is 11.6 Å². The summed E-state index contributed by atoms with van der Waals surface area (Å²) in [5, 5.41) is 3.31.